The van der Waals surface area contributed by atoms with E-state index in [1.165, 1.54) is 0 Å². The monoisotopic (exact) mass is 220 g/mol. The molecule has 1 N–H and O–H groups in total. The summed E-state index contributed by atoms with van der Waals surface area (Å²) >= 11 is 0. The molecule has 0 bridgehead atoms. The maximum absolute atomic E-state index is 5.60. The van der Waals surface area contributed by atoms with Gasteiger partial charge < -0.3 is 14.5 Å². The van der Waals surface area contributed by atoms with Gasteiger partial charge in [0, 0.05) is 0 Å². The summed E-state index contributed by atoms with van der Waals surface area (Å²) in [5, 5.41) is 3.25. The predicted molar refractivity (Wildman–Crippen MR) is 62.6 cm³/mol. The fourth-order valence-corrected chi connectivity index (χ4v) is 1.58. The highest BCUT2D eigenvalue weighted by Gasteiger charge is 2.09. The molecule has 0 saturated carbocycles. The molecule has 16 heavy (non-hydrogen) atoms. The van der Waals surface area contributed by atoms with Crippen LogP contribution in [0, 0.1) is 0 Å². The highest BCUT2D eigenvalue weighted by Crippen LogP contribution is 2.25. The molecular weight excluding hydrogens is 204 g/mol. The molecule has 1 aromatic carbocycles. The zero-order chi connectivity index (χ0) is 11.4. The third-order valence-electron chi connectivity index (χ3n) is 2.35. The van der Waals surface area contributed by atoms with Crippen LogP contribution in [0.5, 0.6) is 5.75 Å². The Hall–Kier alpha value is -1.55. The maximum atomic E-state index is 5.60. The van der Waals surface area contributed by atoms with Gasteiger partial charge in [-0.1, -0.05) is 13.0 Å². The number of hydrogen-bond acceptors (Lipinski definition) is 4. The van der Waals surface area contributed by atoms with Crippen LogP contribution in [-0.2, 0) is 6.54 Å². The van der Waals surface area contributed by atoms with E-state index < -0.39 is 0 Å². The molecule has 0 aliphatic rings. The number of ether oxygens (including phenoxy) is 1. The number of hydrogen-bond donors (Lipinski definition) is 1. The van der Waals surface area contributed by atoms with Crippen molar-refractivity contribution in [1.29, 1.82) is 0 Å². The van der Waals surface area contributed by atoms with Crippen molar-refractivity contribution < 1.29 is 9.15 Å². The number of para-hydroxylation sites is 1. The van der Waals surface area contributed by atoms with E-state index >= 15 is 0 Å². The van der Waals surface area contributed by atoms with Crippen molar-refractivity contribution in [2.24, 2.45) is 0 Å². The minimum atomic E-state index is 0.658. The summed E-state index contributed by atoms with van der Waals surface area (Å²) in [5.74, 6) is 1.45. The number of nitrogens with zero attached hydrogens (tertiary/aromatic N) is 1. The van der Waals surface area contributed by atoms with Crippen LogP contribution in [0.2, 0.25) is 0 Å². The zero-order valence-corrected chi connectivity index (χ0v) is 9.62. The van der Waals surface area contributed by atoms with E-state index in [0.29, 0.717) is 12.4 Å². The Morgan fingerprint density at radius 1 is 1.44 bits per heavy atom. The number of methoxy groups -OCH3 is 1. The molecule has 86 valence electrons. The predicted octanol–water partition coefficient (Wildman–Crippen LogP) is 2.34. The van der Waals surface area contributed by atoms with Crippen molar-refractivity contribution in [3.05, 3.63) is 24.1 Å². The molecule has 0 aliphatic carbocycles. The summed E-state index contributed by atoms with van der Waals surface area (Å²) in [6, 6.07) is 5.68. The second-order valence-electron chi connectivity index (χ2n) is 3.59. The highest BCUT2D eigenvalue weighted by atomic mass is 16.5. The number of rotatable bonds is 5. The first-order valence-electron chi connectivity index (χ1n) is 5.48. The molecule has 4 heteroatoms. The Labute approximate surface area is 94.6 Å². The molecule has 4 nitrogen and oxygen atoms in total. The van der Waals surface area contributed by atoms with E-state index in [9.17, 15) is 0 Å². The number of benzene rings is 1. The smallest absolute Gasteiger partial charge is 0.209 e. The normalized spacial score (nSPS) is 10.9. The van der Waals surface area contributed by atoms with Gasteiger partial charge in [0.2, 0.25) is 5.89 Å². The van der Waals surface area contributed by atoms with Gasteiger partial charge in [-0.2, -0.15) is 0 Å². The van der Waals surface area contributed by atoms with Gasteiger partial charge in [0.05, 0.1) is 13.7 Å². The first kappa shape index (κ1) is 11.0. The van der Waals surface area contributed by atoms with Gasteiger partial charge in [0.1, 0.15) is 5.75 Å². The van der Waals surface area contributed by atoms with Crippen LogP contribution in [0.1, 0.15) is 19.2 Å². The minimum absolute atomic E-state index is 0.658. The average Bonchev–Trinajstić information content (AvgIpc) is 2.71. The van der Waals surface area contributed by atoms with Crippen molar-refractivity contribution in [3.63, 3.8) is 0 Å². The number of aromatic nitrogens is 1. The van der Waals surface area contributed by atoms with E-state index in [0.717, 1.165) is 29.8 Å². The standard InChI is InChI=1S/C12H16N2O2/c1-3-7-13-8-11-14-12-9(15-2)5-4-6-10(12)16-11/h4-6,13H,3,7-8H2,1-2H3. The van der Waals surface area contributed by atoms with Crippen molar-refractivity contribution in [2.75, 3.05) is 13.7 Å². The first-order chi connectivity index (χ1) is 7.85. The van der Waals surface area contributed by atoms with Crippen LogP contribution < -0.4 is 10.1 Å². The molecule has 0 amide bonds. The molecule has 0 atom stereocenters. The second-order valence-corrected chi connectivity index (χ2v) is 3.59. The van der Waals surface area contributed by atoms with E-state index in [2.05, 4.69) is 17.2 Å². The van der Waals surface area contributed by atoms with Crippen LogP contribution in [0.3, 0.4) is 0 Å². The lowest BCUT2D eigenvalue weighted by Crippen LogP contribution is -2.13. The lowest BCUT2D eigenvalue weighted by molar-refractivity contribution is 0.419. The summed E-state index contributed by atoms with van der Waals surface area (Å²) in [4.78, 5) is 4.40. The highest BCUT2D eigenvalue weighted by molar-refractivity contribution is 5.79. The number of oxazole rings is 1. The largest absolute Gasteiger partial charge is 0.494 e. The molecule has 0 aliphatic heterocycles. The van der Waals surface area contributed by atoms with Crippen LogP contribution in [0.4, 0.5) is 0 Å². The van der Waals surface area contributed by atoms with Gasteiger partial charge >= 0.3 is 0 Å². The molecule has 2 rings (SSSR count). The Morgan fingerprint density at radius 2 is 2.31 bits per heavy atom. The van der Waals surface area contributed by atoms with E-state index in [4.69, 9.17) is 9.15 Å². The van der Waals surface area contributed by atoms with Crippen molar-refractivity contribution in [3.8, 4) is 5.75 Å². The molecule has 0 fully saturated rings. The lowest BCUT2D eigenvalue weighted by atomic mass is 10.3. The molecule has 2 aromatic rings. The van der Waals surface area contributed by atoms with Gasteiger partial charge in [0.15, 0.2) is 11.1 Å². The van der Waals surface area contributed by atoms with Gasteiger partial charge in [-0.25, -0.2) is 4.98 Å². The molecule has 1 aromatic heterocycles. The quantitative estimate of drug-likeness (QED) is 0.786. The molecule has 1 heterocycles. The number of fused-ring (bicyclic) bond motifs is 1. The fraction of sp³-hybridized carbons (Fsp3) is 0.417. The van der Waals surface area contributed by atoms with E-state index in [1.54, 1.807) is 7.11 Å². The van der Waals surface area contributed by atoms with Crippen LogP contribution >= 0.6 is 0 Å². The summed E-state index contributed by atoms with van der Waals surface area (Å²) in [7, 11) is 1.64. The lowest BCUT2D eigenvalue weighted by Gasteiger charge is -1.97. The zero-order valence-electron chi connectivity index (χ0n) is 9.62. The Bertz CT molecular complexity index is 465. The van der Waals surface area contributed by atoms with Gasteiger partial charge in [-0.05, 0) is 25.1 Å². The fourth-order valence-electron chi connectivity index (χ4n) is 1.58. The molecule has 0 saturated heterocycles. The van der Waals surface area contributed by atoms with E-state index in [-0.39, 0.29) is 0 Å². The summed E-state index contributed by atoms with van der Waals surface area (Å²) < 4.78 is 10.8. The Morgan fingerprint density at radius 3 is 3.06 bits per heavy atom. The average molecular weight is 220 g/mol. The third kappa shape index (κ3) is 2.17. The summed E-state index contributed by atoms with van der Waals surface area (Å²) in [5.41, 5.74) is 1.56. The molecule has 0 unspecified atom stereocenters. The molecular formula is C12H16N2O2. The van der Waals surface area contributed by atoms with Crippen molar-refractivity contribution in [1.82, 2.24) is 10.3 Å². The van der Waals surface area contributed by atoms with Crippen molar-refractivity contribution in [2.45, 2.75) is 19.9 Å². The Balaban J connectivity index is 2.22. The SMILES string of the molecule is CCCNCc1nc2c(OC)cccc2o1. The summed E-state index contributed by atoms with van der Waals surface area (Å²) in [6.07, 6.45) is 1.10. The topological polar surface area (TPSA) is 47.3 Å². The molecule has 0 spiro atoms. The van der Waals surface area contributed by atoms with Crippen LogP contribution in [0.15, 0.2) is 22.6 Å². The molecule has 0 radical (unpaired) electrons. The van der Waals surface area contributed by atoms with E-state index in [1.807, 2.05) is 18.2 Å². The number of nitrogens with one attached hydrogen (secondary N) is 1. The Kier molecular flexibility index (Phi) is 3.41. The third-order valence-corrected chi connectivity index (χ3v) is 2.35. The van der Waals surface area contributed by atoms with Gasteiger partial charge in [0.25, 0.3) is 0 Å². The van der Waals surface area contributed by atoms with Gasteiger partial charge in [-0.15, -0.1) is 0 Å². The summed E-state index contributed by atoms with van der Waals surface area (Å²) in [6.45, 7) is 3.75. The first-order valence-corrected chi connectivity index (χ1v) is 5.48. The van der Waals surface area contributed by atoms with Crippen LogP contribution in [0.25, 0.3) is 11.1 Å². The second kappa shape index (κ2) is 4.99. The maximum Gasteiger partial charge on any atom is 0.209 e. The van der Waals surface area contributed by atoms with Gasteiger partial charge in [-0.3, -0.25) is 0 Å². The van der Waals surface area contributed by atoms with Crippen molar-refractivity contribution >= 4 is 11.1 Å². The minimum Gasteiger partial charge on any atom is -0.494 e. The van der Waals surface area contributed by atoms with Crippen LogP contribution in [-0.4, -0.2) is 18.6 Å².